The molecule has 3 aromatic rings. The molecule has 0 unspecified atom stereocenters. The highest BCUT2D eigenvalue weighted by Gasteiger charge is 2.40. The zero-order valence-electron chi connectivity index (χ0n) is 26.6. The summed E-state index contributed by atoms with van der Waals surface area (Å²) < 4.78 is 11.4. The maximum atomic E-state index is 13.2. The summed E-state index contributed by atoms with van der Waals surface area (Å²) in [5.41, 5.74) is 11.7. The topological polar surface area (TPSA) is 122 Å². The van der Waals surface area contributed by atoms with Gasteiger partial charge in [0, 0.05) is 49.0 Å². The van der Waals surface area contributed by atoms with Crippen LogP contribution in [-0.4, -0.2) is 78.8 Å². The molecule has 4 heterocycles. The molecular weight excluding hydrogens is 544 g/mol. The predicted octanol–water partition coefficient (Wildman–Crippen LogP) is 5.04. The van der Waals surface area contributed by atoms with Crippen molar-refractivity contribution in [2.45, 2.75) is 65.0 Å². The molecule has 0 bridgehead atoms. The first-order valence-electron chi connectivity index (χ1n) is 14.9. The van der Waals surface area contributed by atoms with E-state index in [-0.39, 0.29) is 17.1 Å². The maximum Gasteiger partial charge on any atom is 0.343 e. The summed E-state index contributed by atoms with van der Waals surface area (Å²) in [5, 5.41) is 3.30. The molecule has 2 aromatic heterocycles. The van der Waals surface area contributed by atoms with E-state index in [1.807, 2.05) is 49.9 Å². The number of rotatable bonds is 9. The van der Waals surface area contributed by atoms with Crippen LogP contribution in [0.4, 0.5) is 34.5 Å². The van der Waals surface area contributed by atoms with Crippen molar-refractivity contribution in [1.82, 2.24) is 19.9 Å². The Balaban J connectivity index is 1.53. The van der Waals surface area contributed by atoms with Crippen molar-refractivity contribution in [2.75, 3.05) is 61.7 Å². The number of carbonyl (C=O) groups is 1. The van der Waals surface area contributed by atoms with Gasteiger partial charge >= 0.3 is 5.97 Å². The molecule has 1 saturated heterocycles. The number of ether oxygens (including phenoxy) is 2. The van der Waals surface area contributed by atoms with E-state index in [0.29, 0.717) is 41.5 Å². The van der Waals surface area contributed by atoms with Gasteiger partial charge in [0.05, 0.1) is 41.7 Å². The molecule has 0 radical (unpaired) electrons. The maximum absolute atomic E-state index is 13.2. The van der Waals surface area contributed by atoms with E-state index in [9.17, 15) is 4.79 Å². The molecule has 0 aliphatic carbocycles. The molecule has 230 valence electrons. The van der Waals surface area contributed by atoms with Gasteiger partial charge in [-0.3, -0.25) is 4.98 Å². The number of hydrogen-bond donors (Lipinski definition) is 2. The first kappa shape index (κ1) is 30.3. The molecule has 0 spiro atoms. The van der Waals surface area contributed by atoms with Crippen molar-refractivity contribution in [2.24, 2.45) is 0 Å². The number of benzene rings is 1. The number of methoxy groups -OCH3 is 1. The number of aryl methyl sites for hydroxylation is 1. The van der Waals surface area contributed by atoms with Gasteiger partial charge < -0.3 is 35.2 Å². The van der Waals surface area contributed by atoms with Crippen molar-refractivity contribution in [1.29, 1.82) is 0 Å². The third-order valence-corrected chi connectivity index (χ3v) is 7.94. The van der Waals surface area contributed by atoms with E-state index in [1.54, 1.807) is 7.11 Å². The van der Waals surface area contributed by atoms with E-state index in [0.717, 1.165) is 48.7 Å². The number of fused-ring (bicyclic) bond motifs is 1. The number of nitrogens with two attached hydrogens (primary N) is 1. The number of nitrogen functional groups attached to an aromatic ring is 1. The van der Waals surface area contributed by atoms with Crippen LogP contribution in [0.5, 0.6) is 5.75 Å². The summed E-state index contributed by atoms with van der Waals surface area (Å²) in [6.45, 7) is 12.4. The SMILES string of the molecule is COc1cc(N2CCC[C@@H]2CN(C)C)c(N)cc1Nc1ncc(C(=O)OC(C)C)c(N2CC(C)(C)c3nc(C)ccc32)n1. The smallest absolute Gasteiger partial charge is 0.343 e. The van der Waals surface area contributed by atoms with Gasteiger partial charge in [-0.25, -0.2) is 9.78 Å². The van der Waals surface area contributed by atoms with E-state index in [1.165, 1.54) is 6.20 Å². The van der Waals surface area contributed by atoms with Crippen LogP contribution in [0.1, 0.15) is 62.3 Å². The van der Waals surface area contributed by atoms with Crippen LogP contribution >= 0.6 is 0 Å². The fraction of sp³-hybridized carbons (Fsp3) is 0.500. The molecular formula is C32H44N8O3. The normalized spacial score (nSPS) is 17.5. The van der Waals surface area contributed by atoms with Gasteiger partial charge in [-0.15, -0.1) is 0 Å². The summed E-state index contributed by atoms with van der Waals surface area (Å²) >= 11 is 0. The molecule has 1 fully saturated rings. The Morgan fingerprint density at radius 3 is 2.67 bits per heavy atom. The molecule has 11 nitrogen and oxygen atoms in total. The third-order valence-electron chi connectivity index (χ3n) is 7.94. The molecule has 43 heavy (non-hydrogen) atoms. The average molecular weight is 589 g/mol. The average Bonchev–Trinajstić information content (AvgIpc) is 3.49. The Hall–Kier alpha value is -4.12. The van der Waals surface area contributed by atoms with Crippen LogP contribution in [0.15, 0.2) is 30.5 Å². The van der Waals surface area contributed by atoms with Crippen molar-refractivity contribution in [3.8, 4) is 5.75 Å². The lowest BCUT2D eigenvalue weighted by atomic mass is 9.91. The first-order valence-corrected chi connectivity index (χ1v) is 14.9. The summed E-state index contributed by atoms with van der Waals surface area (Å²) in [5.74, 6) is 0.903. The fourth-order valence-electron chi connectivity index (χ4n) is 6.06. The van der Waals surface area contributed by atoms with Gasteiger partial charge in [-0.2, -0.15) is 4.98 Å². The second-order valence-electron chi connectivity index (χ2n) is 12.7. The van der Waals surface area contributed by atoms with Crippen LogP contribution in [-0.2, 0) is 10.2 Å². The largest absolute Gasteiger partial charge is 0.494 e. The van der Waals surface area contributed by atoms with Crippen LogP contribution < -0.4 is 25.6 Å². The molecule has 2 aliphatic rings. The van der Waals surface area contributed by atoms with Crippen molar-refractivity contribution >= 4 is 40.5 Å². The summed E-state index contributed by atoms with van der Waals surface area (Å²) in [4.78, 5) is 34.1. The Labute approximate surface area is 254 Å². The number of carbonyl (C=O) groups excluding carboxylic acids is 1. The number of anilines is 6. The number of nitrogens with zero attached hydrogens (tertiary/aromatic N) is 6. The van der Waals surface area contributed by atoms with Gasteiger partial charge in [0.2, 0.25) is 5.95 Å². The standard InChI is InChI=1S/C32H44N8O3/c1-19(2)43-30(41)22-16-34-31(37-29(22)40-18-32(4,5)28-25(40)12-11-20(3)35-28)36-24-14-23(33)26(15-27(24)42-8)39-13-9-10-21(39)17-38(6)7/h11-12,14-16,19,21H,9-10,13,17-18,33H2,1-8H3,(H,34,36,37)/t21-/m1/s1. The third kappa shape index (κ3) is 6.17. The number of nitrogens with one attached hydrogen (secondary N) is 1. The molecule has 2 aliphatic heterocycles. The van der Waals surface area contributed by atoms with Gasteiger partial charge in [-0.05, 0) is 65.9 Å². The summed E-state index contributed by atoms with van der Waals surface area (Å²) in [6.07, 6.45) is 3.47. The molecule has 1 aromatic carbocycles. The zero-order chi connectivity index (χ0) is 31.1. The number of likely N-dealkylation sites (N-methyl/N-ethyl adjacent to an activating group) is 1. The van der Waals surface area contributed by atoms with Crippen LogP contribution in [0.2, 0.25) is 0 Å². The number of hydrogen-bond acceptors (Lipinski definition) is 11. The predicted molar refractivity (Wildman–Crippen MR) is 171 cm³/mol. The Morgan fingerprint density at radius 1 is 1.21 bits per heavy atom. The molecule has 11 heteroatoms. The fourth-order valence-corrected chi connectivity index (χ4v) is 6.06. The second kappa shape index (κ2) is 11.9. The lowest BCUT2D eigenvalue weighted by molar-refractivity contribution is 0.0378. The van der Waals surface area contributed by atoms with Gasteiger partial charge in [0.1, 0.15) is 11.3 Å². The minimum atomic E-state index is -0.480. The molecule has 0 amide bonds. The lowest BCUT2D eigenvalue weighted by Gasteiger charge is -2.30. The molecule has 3 N–H and O–H groups in total. The van der Waals surface area contributed by atoms with E-state index in [4.69, 9.17) is 25.2 Å². The Morgan fingerprint density at radius 2 is 1.98 bits per heavy atom. The quantitative estimate of drug-likeness (QED) is 0.258. The number of esters is 1. The monoisotopic (exact) mass is 588 g/mol. The van der Waals surface area contributed by atoms with Gasteiger partial charge in [-0.1, -0.05) is 13.8 Å². The highest BCUT2D eigenvalue weighted by molar-refractivity contribution is 5.96. The summed E-state index contributed by atoms with van der Waals surface area (Å²) in [7, 11) is 5.82. The Kier molecular flexibility index (Phi) is 8.38. The zero-order valence-corrected chi connectivity index (χ0v) is 26.6. The molecule has 0 saturated carbocycles. The number of pyridine rings is 1. The minimum Gasteiger partial charge on any atom is -0.494 e. The second-order valence-corrected chi connectivity index (χ2v) is 12.7. The highest BCUT2D eigenvalue weighted by atomic mass is 16.5. The minimum absolute atomic E-state index is 0.257. The molecule has 5 rings (SSSR count). The van der Waals surface area contributed by atoms with Crippen LogP contribution in [0.25, 0.3) is 0 Å². The van der Waals surface area contributed by atoms with Gasteiger partial charge in [0.25, 0.3) is 0 Å². The first-order chi connectivity index (χ1) is 20.4. The highest BCUT2D eigenvalue weighted by Crippen LogP contribution is 2.44. The lowest BCUT2D eigenvalue weighted by Crippen LogP contribution is -2.37. The van der Waals surface area contributed by atoms with E-state index >= 15 is 0 Å². The van der Waals surface area contributed by atoms with E-state index < -0.39 is 5.97 Å². The van der Waals surface area contributed by atoms with Crippen LogP contribution in [0.3, 0.4) is 0 Å². The Bertz CT molecular complexity index is 1510. The van der Waals surface area contributed by atoms with Crippen LogP contribution in [0, 0.1) is 6.92 Å². The van der Waals surface area contributed by atoms with Crippen molar-refractivity contribution < 1.29 is 14.3 Å². The number of aromatic nitrogens is 3. The van der Waals surface area contributed by atoms with Gasteiger partial charge in [0.15, 0.2) is 5.82 Å². The molecule has 1 atom stereocenters. The summed E-state index contributed by atoms with van der Waals surface area (Å²) in [6, 6.07) is 8.23. The van der Waals surface area contributed by atoms with E-state index in [2.05, 4.69) is 48.0 Å². The van der Waals surface area contributed by atoms with Crippen molar-refractivity contribution in [3.63, 3.8) is 0 Å². The van der Waals surface area contributed by atoms with Crippen molar-refractivity contribution in [3.05, 3.63) is 47.4 Å².